The number of nitrogens with zero attached hydrogens (tertiary/aromatic N) is 1. The molecule has 0 saturated carbocycles. The minimum atomic E-state index is -0.125. The number of aryl methyl sites for hydroxylation is 3. The average Bonchev–Trinajstić information content (AvgIpc) is 2.54. The van der Waals surface area contributed by atoms with Gasteiger partial charge in [-0.3, -0.25) is 4.79 Å². The molecule has 3 nitrogen and oxygen atoms in total. The molecule has 0 spiro atoms. The van der Waals surface area contributed by atoms with Crippen molar-refractivity contribution in [2.75, 3.05) is 0 Å². The number of pyridine rings is 1. The third-order valence-electron chi connectivity index (χ3n) is 3.87. The van der Waals surface area contributed by atoms with Crippen LogP contribution in [0.5, 0.6) is 0 Å². The third-order valence-corrected chi connectivity index (χ3v) is 3.87. The van der Waals surface area contributed by atoms with Crippen molar-refractivity contribution in [2.24, 2.45) is 0 Å². The largest absolute Gasteiger partial charge is 0.512 e. The monoisotopic (exact) mass is 539 g/mol. The van der Waals surface area contributed by atoms with Crippen LogP contribution in [0.2, 0.25) is 0 Å². The van der Waals surface area contributed by atoms with Crippen LogP contribution in [0.25, 0.3) is 22.0 Å². The molecular formula is C23H24IrNO2-. The van der Waals surface area contributed by atoms with E-state index in [1.165, 1.54) is 47.4 Å². The van der Waals surface area contributed by atoms with E-state index in [4.69, 9.17) is 5.11 Å². The molecule has 0 aliphatic heterocycles. The molecular weight excluding hydrogens is 514 g/mol. The molecule has 0 unspecified atom stereocenters. The van der Waals surface area contributed by atoms with Gasteiger partial charge in [0, 0.05) is 32.4 Å². The zero-order chi connectivity index (χ0) is 19.3. The third kappa shape index (κ3) is 6.42. The minimum Gasteiger partial charge on any atom is -0.512 e. The molecule has 3 rings (SSSR count). The Kier molecular flexibility index (Phi) is 8.55. The number of aliphatic hydroxyl groups excluding tert-OH is 1. The molecule has 0 bridgehead atoms. The molecule has 1 heterocycles. The number of ketones is 1. The number of rotatable bonds is 2. The smallest absolute Gasteiger partial charge is 0.155 e. The molecule has 2 aromatic carbocycles. The Labute approximate surface area is 174 Å². The second-order valence-corrected chi connectivity index (χ2v) is 6.51. The molecule has 0 fully saturated rings. The molecule has 4 heteroatoms. The van der Waals surface area contributed by atoms with Gasteiger partial charge in [-0.15, -0.1) is 35.4 Å². The zero-order valence-electron chi connectivity index (χ0n) is 16.3. The van der Waals surface area contributed by atoms with E-state index in [9.17, 15) is 4.79 Å². The minimum absolute atomic E-state index is 0. The van der Waals surface area contributed by atoms with Crippen LogP contribution in [0.15, 0.2) is 54.4 Å². The number of benzene rings is 2. The van der Waals surface area contributed by atoms with Crippen molar-refractivity contribution in [1.82, 2.24) is 4.98 Å². The van der Waals surface area contributed by atoms with Crippen LogP contribution in [0.3, 0.4) is 0 Å². The van der Waals surface area contributed by atoms with Crippen LogP contribution in [0.1, 0.15) is 30.5 Å². The summed E-state index contributed by atoms with van der Waals surface area (Å²) in [6.07, 6.45) is 3.11. The van der Waals surface area contributed by atoms with Crippen LogP contribution in [0.4, 0.5) is 0 Å². The normalized spacial score (nSPS) is 10.6. The van der Waals surface area contributed by atoms with Crippen molar-refractivity contribution in [2.45, 2.75) is 34.6 Å². The van der Waals surface area contributed by atoms with Gasteiger partial charge in [-0.1, -0.05) is 30.7 Å². The topological polar surface area (TPSA) is 50.2 Å². The Morgan fingerprint density at radius 2 is 1.70 bits per heavy atom. The number of carbonyl (C=O) groups excluding carboxylic acids is 1. The van der Waals surface area contributed by atoms with E-state index in [1.807, 2.05) is 12.3 Å². The maximum Gasteiger partial charge on any atom is 0.155 e. The van der Waals surface area contributed by atoms with Crippen molar-refractivity contribution in [3.63, 3.8) is 0 Å². The summed E-state index contributed by atoms with van der Waals surface area (Å²) in [5, 5.41) is 10.8. The van der Waals surface area contributed by atoms with Gasteiger partial charge in [-0.25, -0.2) is 0 Å². The van der Waals surface area contributed by atoms with Crippen molar-refractivity contribution < 1.29 is 30.0 Å². The predicted octanol–water partition coefficient (Wildman–Crippen LogP) is 5.66. The Hall–Kier alpha value is -2.29. The number of aromatic nitrogens is 1. The summed E-state index contributed by atoms with van der Waals surface area (Å²) in [7, 11) is 0. The van der Waals surface area contributed by atoms with Crippen molar-refractivity contribution in [1.29, 1.82) is 0 Å². The number of aliphatic hydroxyl groups is 1. The van der Waals surface area contributed by atoms with Crippen LogP contribution >= 0.6 is 0 Å². The molecule has 0 saturated heterocycles. The van der Waals surface area contributed by atoms with Crippen molar-refractivity contribution >= 4 is 16.6 Å². The summed E-state index contributed by atoms with van der Waals surface area (Å²) < 4.78 is 0. The Morgan fingerprint density at radius 1 is 1.04 bits per heavy atom. The van der Waals surface area contributed by atoms with Crippen LogP contribution in [-0.2, 0) is 24.9 Å². The maximum atomic E-state index is 10.0. The van der Waals surface area contributed by atoms with Gasteiger partial charge in [-0.2, -0.15) is 0 Å². The number of fused-ring (bicyclic) bond motifs is 1. The fraction of sp³-hybridized carbons (Fsp3) is 0.217. The van der Waals surface area contributed by atoms with E-state index in [0.717, 1.165) is 11.3 Å². The van der Waals surface area contributed by atoms with E-state index in [2.05, 4.69) is 62.2 Å². The number of hydrogen-bond acceptors (Lipinski definition) is 3. The summed E-state index contributed by atoms with van der Waals surface area (Å²) in [4.78, 5) is 14.6. The van der Waals surface area contributed by atoms with E-state index >= 15 is 0 Å². The molecule has 27 heavy (non-hydrogen) atoms. The Morgan fingerprint density at radius 3 is 2.26 bits per heavy atom. The van der Waals surface area contributed by atoms with Gasteiger partial charge in [0.1, 0.15) is 0 Å². The summed E-state index contributed by atoms with van der Waals surface area (Å²) in [5.74, 6) is -0.0625. The van der Waals surface area contributed by atoms with E-state index < -0.39 is 0 Å². The van der Waals surface area contributed by atoms with Crippen molar-refractivity contribution in [3.8, 4) is 11.3 Å². The molecule has 0 aliphatic rings. The SMILES string of the molecule is CC(=O)/C=C(/C)O.Cc1cc[c-]c(-c2ncc(C)c3ccc(C)cc23)c1.[Ir]. The number of hydrogen-bond donors (Lipinski definition) is 1. The van der Waals surface area contributed by atoms with Gasteiger partial charge in [0.05, 0.1) is 5.76 Å². The van der Waals surface area contributed by atoms with Gasteiger partial charge in [0.25, 0.3) is 0 Å². The second-order valence-electron chi connectivity index (χ2n) is 6.51. The molecule has 0 amide bonds. The molecule has 143 valence electrons. The van der Waals surface area contributed by atoms with Crippen LogP contribution in [0, 0.1) is 26.8 Å². The standard InChI is InChI=1S/C18H16N.C5H8O2.Ir/c1-12-5-4-6-15(9-12)18-17-10-13(2)7-8-16(17)14(3)11-19-18;1-4(6)3-5(2)7;/h4-5,7-11H,1-3H3;3,6H,1-2H3;/q-1;;/b;4-3-;. The number of carbonyl (C=O) groups is 1. The first-order chi connectivity index (χ1) is 12.3. The summed E-state index contributed by atoms with van der Waals surface area (Å²) in [6.45, 7) is 9.17. The molecule has 0 atom stereocenters. The summed E-state index contributed by atoms with van der Waals surface area (Å²) >= 11 is 0. The fourth-order valence-corrected chi connectivity index (χ4v) is 2.72. The van der Waals surface area contributed by atoms with Gasteiger partial charge in [-0.05, 0) is 49.7 Å². The quantitative estimate of drug-likeness (QED) is 0.260. The maximum absolute atomic E-state index is 10.0. The molecule has 1 aromatic heterocycles. The first-order valence-electron chi connectivity index (χ1n) is 8.50. The van der Waals surface area contributed by atoms with Gasteiger partial charge in [0.15, 0.2) is 5.78 Å². The Bertz CT molecular complexity index is 973. The van der Waals surface area contributed by atoms with Gasteiger partial charge < -0.3 is 10.1 Å². The first-order valence-corrected chi connectivity index (χ1v) is 8.50. The second kappa shape index (κ2) is 10.1. The summed E-state index contributed by atoms with van der Waals surface area (Å²) in [6, 6.07) is 16.0. The van der Waals surface area contributed by atoms with Crippen LogP contribution < -0.4 is 0 Å². The van der Waals surface area contributed by atoms with Gasteiger partial charge >= 0.3 is 0 Å². The fourth-order valence-electron chi connectivity index (χ4n) is 2.72. The molecule has 0 aliphatic carbocycles. The Balaban J connectivity index is 0.000000395. The van der Waals surface area contributed by atoms with Gasteiger partial charge in [0.2, 0.25) is 0 Å². The van der Waals surface area contributed by atoms with E-state index in [0.29, 0.717) is 0 Å². The molecule has 3 aromatic rings. The summed E-state index contributed by atoms with van der Waals surface area (Å²) in [5.41, 5.74) is 5.79. The number of allylic oxidation sites excluding steroid dienone is 2. The van der Waals surface area contributed by atoms with E-state index in [1.54, 1.807) is 0 Å². The van der Waals surface area contributed by atoms with Crippen LogP contribution in [-0.4, -0.2) is 15.9 Å². The first kappa shape index (κ1) is 22.7. The van der Waals surface area contributed by atoms with Crippen molar-refractivity contribution in [3.05, 3.63) is 77.2 Å². The predicted molar refractivity (Wildman–Crippen MR) is 107 cm³/mol. The average molecular weight is 539 g/mol. The molecule has 1 N–H and O–H groups in total. The zero-order valence-corrected chi connectivity index (χ0v) is 18.6. The molecule has 1 radical (unpaired) electrons. The van der Waals surface area contributed by atoms with E-state index in [-0.39, 0.29) is 31.6 Å².